The summed E-state index contributed by atoms with van der Waals surface area (Å²) >= 11 is 0. The van der Waals surface area contributed by atoms with Crippen LogP contribution in [-0.2, 0) is 38.1 Å². The molecule has 11 nitrogen and oxygen atoms in total. The summed E-state index contributed by atoms with van der Waals surface area (Å²) in [6.07, 6.45) is 0.400. The minimum absolute atomic E-state index is 0.124. The van der Waals surface area contributed by atoms with Crippen molar-refractivity contribution in [2.24, 2.45) is 45.3 Å². The Morgan fingerprint density at radius 2 is 1.62 bits per heavy atom. The quantitative estimate of drug-likeness (QED) is 0.217. The number of aliphatic hydroxyl groups excluding tert-OH is 3. The van der Waals surface area contributed by atoms with Crippen LogP contribution in [0.4, 0.5) is 0 Å². The van der Waals surface area contributed by atoms with Crippen LogP contribution in [0.25, 0.3) is 0 Å². The van der Waals surface area contributed by atoms with Crippen molar-refractivity contribution in [3.05, 3.63) is 23.8 Å². The summed E-state index contributed by atoms with van der Waals surface area (Å²) in [4.78, 5) is 49.5. The number of ether oxygens (including phenoxy) is 4. The number of aliphatic hydroxyl groups is 3. The molecular weight excluding hydrogens is 608 g/mol. The van der Waals surface area contributed by atoms with Crippen LogP contribution in [0, 0.1) is 45.3 Å². The number of hydrogen-bond acceptors (Lipinski definition) is 11. The van der Waals surface area contributed by atoms with Gasteiger partial charge < -0.3 is 34.3 Å². The molecule has 1 aliphatic heterocycles. The smallest absolute Gasteiger partial charge is 0.304 e. The molecular formula is C36H52O11. The van der Waals surface area contributed by atoms with Gasteiger partial charge in [-0.3, -0.25) is 19.2 Å². The molecule has 47 heavy (non-hydrogen) atoms. The van der Waals surface area contributed by atoms with Gasteiger partial charge in [-0.2, -0.15) is 0 Å². The second kappa shape index (κ2) is 11.5. The first kappa shape index (κ1) is 35.7. The number of hydrogen-bond donors (Lipinski definition) is 3. The third-order valence-corrected chi connectivity index (χ3v) is 12.6. The average Bonchev–Trinajstić information content (AvgIpc) is 3.47. The topological polar surface area (TPSA) is 166 Å². The van der Waals surface area contributed by atoms with E-state index in [9.17, 15) is 34.5 Å². The van der Waals surface area contributed by atoms with Gasteiger partial charge in [-0.15, -0.1) is 0 Å². The van der Waals surface area contributed by atoms with Crippen molar-refractivity contribution < 1.29 is 53.4 Å². The monoisotopic (exact) mass is 660 g/mol. The zero-order chi connectivity index (χ0) is 35.2. The maximum Gasteiger partial charge on any atom is 0.304 e. The molecule has 5 aliphatic rings. The Labute approximate surface area is 277 Å². The van der Waals surface area contributed by atoms with Crippen LogP contribution < -0.4 is 0 Å². The highest BCUT2D eigenvalue weighted by Crippen LogP contribution is 2.72. The molecule has 1 saturated heterocycles. The highest BCUT2D eigenvalue weighted by Gasteiger charge is 2.73. The van der Waals surface area contributed by atoms with E-state index in [1.54, 1.807) is 33.8 Å². The summed E-state index contributed by atoms with van der Waals surface area (Å²) < 4.78 is 23.3. The predicted molar refractivity (Wildman–Crippen MR) is 168 cm³/mol. The molecule has 2 saturated carbocycles. The lowest BCUT2D eigenvalue weighted by Crippen LogP contribution is -2.72. The number of esters is 3. The van der Waals surface area contributed by atoms with E-state index in [1.807, 2.05) is 26.8 Å². The molecule has 0 amide bonds. The second-order valence-electron chi connectivity index (χ2n) is 16.4. The maximum atomic E-state index is 13.0. The molecule has 3 fully saturated rings. The van der Waals surface area contributed by atoms with E-state index in [2.05, 4.69) is 6.08 Å². The molecule has 0 aromatic rings. The standard InChI is InChI=1S/C36H52O11/c1-17(37)44-30(33(6,7)47-19(3)39)23-15-20(31(46-23)45-18(2)38)21-11-12-24-35(21,9)16-22(40)27-34(8)14-13-25(41)32(4,5)28(34)26(42)29(43)36(24,27)10/h12-14,20-23,26-31,40,42-43H,11,15-16H2,1-10H3/t20-,21-,22-,23-,26-,27-,28+,29-,30+,31+,34-,35-,36+/m1/s1. The van der Waals surface area contributed by atoms with Crippen LogP contribution in [0.2, 0.25) is 0 Å². The normalized spacial score (nSPS) is 44.4. The molecule has 0 aromatic carbocycles. The fourth-order valence-corrected chi connectivity index (χ4v) is 11.1. The summed E-state index contributed by atoms with van der Waals surface area (Å²) in [5.74, 6) is -3.59. The summed E-state index contributed by atoms with van der Waals surface area (Å²) in [6, 6.07) is 0. The zero-order valence-corrected chi connectivity index (χ0v) is 29.2. The van der Waals surface area contributed by atoms with Crippen LogP contribution in [0.1, 0.15) is 88.5 Å². The van der Waals surface area contributed by atoms with E-state index in [-0.39, 0.29) is 11.7 Å². The Hall–Kier alpha value is -2.60. The molecule has 5 rings (SSSR count). The molecule has 0 radical (unpaired) electrons. The van der Waals surface area contributed by atoms with E-state index in [4.69, 9.17) is 18.9 Å². The first-order valence-corrected chi connectivity index (χ1v) is 16.7. The Bertz CT molecular complexity index is 1400. The van der Waals surface area contributed by atoms with E-state index in [0.29, 0.717) is 19.3 Å². The van der Waals surface area contributed by atoms with Gasteiger partial charge in [0.2, 0.25) is 6.29 Å². The van der Waals surface area contributed by atoms with Crippen LogP contribution >= 0.6 is 0 Å². The fourth-order valence-electron chi connectivity index (χ4n) is 11.1. The number of rotatable bonds is 6. The Morgan fingerprint density at radius 1 is 0.979 bits per heavy atom. The third-order valence-electron chi connectivity index (χ3n) is 12.6. The second-order valence-corrected chi connectivity index (χ2v) is 16.4. The molecule has 4 aliphatic carbocycles. The van der Waals surface area contributed by atoms with Gasteiger partial charge in [-0.25, -0.2) is 0 Å². The molecule has 0 unspecified atom stereocenters. The minimum atomic E-state index is -1.27. The van der Waals surface area contributed by atoms with Crippen molar-refractivity contribution in [2.75, 3.05) is 0 Å². The number of fused-ring (bicyclic) bond motifs is 5. The van der Waals surface area contributed by atoms with Crippen molar-refractivity contribution in [1.29, 1.82) is 0 Å². The summed E-state index contributed by atoms with van der Waals surface area (Å²) in [7, 11) is 0. The highest BCUT2D eigenvalue weighted by molar-refractivity contribution is 5.96. The summed E-state index contributed by atoms with van der Waals surface area (Å²) in [5, 5.41) is 36.0. The first-order valence-electron chi connectivity index (χ1n) is 16.7. The fraction of sp³-hybridized carbons (Fsp3) is 0.778. The SMILES string of the molecule is CC(=O)O[C@H]1O[C@@H]([C@H](OC(C)=O)C(C)(C)OC(C)=O)C[C@@H]1[C@H]1CC=C2[C@]3(C)[C@H](O)[C@H](O)[C@H]4C(C)(C)C(=O)C=C[C@]4(C)[C@H]3[C@H](O)C[C@@]21C. The zero-order valence-electron chi connectivity index (χ0n) is 29.2. The van der Waals surface area contributed by atoms with E-state index >= 15 is 0 Å². The highest BCUT2D eigenvalue weighted by atomic mass is 16.7. The Balaban J connectivity index is 1.54. The van der Waals surface area contributed by atoms with Gasteiger partial charge in [0.15, 0.2) is 11.9 Å². The van der Waals surface area contributed by atoms with Crippen LogP contribution in [0.5, 0.6) is 0 Å². The Kier molecular flexibility index (Phi) is 8.73. The number of carbonyl (C=O) groups is 4. The molecule has 0 spiro atoms. The lowest BCUT2D eigenvalue weighted by molar-refractivity contribution is -0.242. The molecule has 1 heterocycles. The van der Waals surface area contributed by atoms with E-state index in [0.717, 1.165) is 5.57 Å². The van der Waals surface area contributed by atoms with Crippen molar-refractivity contribution in [2.45, 2.75) is 131 Å². The van der Waals surface area contributed by atoms with Gasteiger partial charge >= 0.3 is 17.9 Å². The van der Waals surface area contributed by atoms with Gasteiger partial charge in [0, 0.05) is 49.4 Å². The van der Waals surface area contributed by atoms with Crippen LogP contribution in [0.3, 0.4) is 0 Å². The number of ketones is 1. The predicted octanol–water partition coefficient (Wildman–Crippen LogP) is 3.42. The molecule has 13 atom stereocenters. The molecule has 0 aromatic heterocycles. The lowest BCUT2D eigenvalue weighted by atomic mass is 9.37. The van der Waals surface area contributed by atoms with Crippen molar-refractivity contribution in [1.82, 2.24) is 0 Å². The molecule has 3 N–H and O–H groups in total. The van der Waals surface area contributed by atoms with Gasteiger partial charge in [0.1, 0.15) is 11.7 Å². The molecule has 262 valence electrons. The van der Waals surface area contributed by atoms with E-state index in [1.165, 1.54) is 20.8 Å². The Morgan fingerprint density at radius 3 is 2.19 bits per heavy atom. The third kappa shape index (κ3) is 5.31. The van der Waals surface area contributed by atoms with Crippen molar-refractivity contribution in [3.8, 4) is 0 Å². The van der Waals surface area contributed by atoms with Crippen LogP contribution in [-0.4, -0.2) is 81.4 Å². The summed E-state index contributed by atoms with van der Waals surface area (Å²) in [5.41, 5.74) is -3.86. The molecule has 0 bridgehead atoms. The van der Waals surface area contributed by atoms with E-state index < -0.39 is 99.7 Å². The van der Waals surface area contributed by atoms with Gasteiger partial charge in [0.05, 0.1) is 18.3 Å². The number of allylic oxidation sites excluding steroid dienone is 3. The van der Waals surface area contributed by atoms with Crippen molar-refractivity contribution in [3.63, 3.8) is 0 Å². The van der Waals surface area contributed by atoms with Gasteiger partial charge in [0.25, 0.3) is 0 Å². The maximum absolute atomic E-state index is 13.0. The largest absolute Gasteiger partial charge is 0.456 e. The van der Waals surface area contributed by atoms with Crippen LogP contribution in [0.15, 0.2) is 23.8 Å². The first-order chi connectivity index (χ1) is 21.5. The molecule has 11 heteroatoms. The number of carbonyl (C=O) groups excluding carboxylic acids is 4. The van der Waals surface area contributed by atoms with Gasteiger partial charge in [-0.05, 0) is 55.9 Å². The summed E-state index contributed by atoms with van der Waals surface area (Å²) in [6.45, 7) is 16.6. The van der Waals surface area contributed by atoms with Gasteiger partial charge in [-0.1, -0.05) is 52.3 Å². The lowest BCUT2D eigenvalue weighted by Gasteiger charge is -2.68. The average molecular weight is 661 g/mol. The van der Waals surface area contributed by atoms with Crippen molar-refractivity contribution >= 4 is 23.7 Å². The minimum Gasteiger partial charge on any atom is -0.456 e.